The first-order chi connectivity index (χ1) is 8.33. The number of amides is 1. The maximum atomic E-state index is 12.0. The van der Waals surface area contributed by atoms with Crippen LogP contribution < -0.4 is 5.32 Å². The Kier molecular flexibility index (Phi) is 6.46. The molecule has 1 aliphatic rings. The number of pyridine rings is 1. The van der Waals surface area contributed by atoms with Gasteiger partial charge in [0.2, 0.25) is 5.91 Å². The van der Waals surface area contributed by atoms with Gasteiger partial charge < -0.3 is 10.2 Å². The molecule has 1 aliphatic heterocycles. The van der Waals surface area contributed by atoms with Gasteiger partial charge in [-0.1, -0.05) is 6.07 Å². The Hall–Kier alpha value is -0.780. The zero-order chi connectivity index (χ0) is 12.1. The average molecular weight is 288 g/mol. The monoisotopic (exact) mass is 287 g/mol. The summed E-state index contributed by atoms with van der Waals surface area (Å²) in [5.74, 6) is 0.768. The van der Waals surface area contributed by atoms with Crippen LogP contribution in [0.25, 0.3) is 0 Å². The van der Waals surface area contributed by atoms with Crippen molar-refractivity contribution in [2.24, 2.45) is 0 Å². The minimum absolute atomic E-state index is 0. The number of thioether (sulfide) groups is 1. The molecule has 2 rings (SSSR count). The van der Waals surface area contributed by atoms with Gasteiger partial charge in [0.25, 0.3) is 0 Å². The number of nitrogens with zero attached hydrogens (tertiary/aromatic N) is 2. The van der Waals surface area contributed by atoms with Gasteiger partial charge in [-0.3, -0.25) is 9.78 Å². The Balaban J connectivity index is 0.00000162. The summed E-state index contributed by atoms with van der Waals surface area (Å²) in [6.07, 6.45) is 5.56. The van der Waals surface area contributed by atoms with Crippen LogP contribution in [0, 0.1) is 0 Å². The van der Waals surface area contributed by atoms with Gasteiger partial charge in [0.15, 0.2) is 0 Å². The van der Waals surface area contributed by atoms with Gasteiger partial charge in [-0.05, 0) is 17.9 Å². The van der Waals surface area contributed by atoms with E-state index in [1.807, 2.05) is 29.5 Å². The van der Waals surface area contributed by atoms with Crippen LogP contribution in [0.3, 0.4) is 0 Å². The highest BCUT2D eigenvalue weighted by atomic mass is 35.5. The number of hydrogen-bond donors (Lipinski definition) is 1. The molecule has 1 unspecified atom stereocenters. The molecule has 1 N–H and O–H groups in total. The van der Waals surface area contributed by atoms with E-state index in [4.69, 9.17) is 0 Å². The topological polar surface area (TPSA) is 45.2 Å². The fourth-order valence-electron chi connectivity index (χ4n) is 2.08. The third-order valence-electron chi connectivity index (χ3n) is 2.90. The number of hydrogen-bond acceptors (Lipinski definition) is 4. The lowest BCUT2D eigenvalue weighted by molar-refractivity contribution is -0.131. The molecule has 1 aromatic heterocycles. The quantitative estimate of drug-likeness (QED) is 0.911. The predicted octanol–water partition coefficient (Wildman–Crippen LogP) is 1.34. The van der Waals surface area contributed by atoms with Gasteiger partial charge in [0, 0.05) is 32.0 Å². The summed E-state index contributed by atoms with van der Waals surface area (Å²) >= 11 is 1.57. The summed E-state index contributed by atoms with van der Waals surface area (Å²) in [4.78, 5) is 18.1. The van der Waals surface area contributed by atoms with Crippen molar-refractivity contribution in [1.82, 2.24) is 15.2 Å². The van der Waals surface area contributed by atoms with E-state index in [1.54, 1.807) is 18.0 Å². The number of carbonyl (C=O) groups excluding carboxylic acids is 1. The minimum Gasteiger partial charge on any atom is -0.332 e. The Labute approximate surface area is 118 Å². The van der Waals surface area contributed by atoms with Gasteiger partial charge in [-0.2, -0.15) is 11.8 Å². The SMILES string of the molecule is CSCC(=O)N1CCNCC1c1cccnc1.Cl. The standard InChI is InChI=1S/C12H17N3OS.ClH/c1-17-9-12(16)15-6-5-14-8-11(15)10-3-2-4-13-7-10;/h2-4,7,11,14H,5-6,8-9H2,1H3;1H. The zero-order valence-corrected chi connectivity index (χ0v) is 12.0. The van der Waals surface area contributed by atoms with E-state index in [2.05, 4.69) is 10.3 Å². The van der Waals surface area contributed by atoms with E-state index in [9.17, 15) is 4.79 Å². The summed E-state index contributed by atoms with van der Waals surface area (Å²) in [7, 11) is 0. The molecule has 0 spiro atoms. The summed E-state index contributed by atoms with van der Waals surface area (Å²) < 4.78 is 0. The van der Waals surface area contributed by atoms with Crippen LogP contribution in [0.2, 0.25) is 0 Å². The van der Waals surface area contributed by atoms with Crippen molar-refractivity contribution < 1.29 is 4.79 Å². The smallest absolute Gasteiger partial charge is 0.233 e. The molecule has 100 valence electrons. The molecular weight excluding hydrogens is 270 g/mol. The normalized spacial score (nSPS) is 19.2. The molecule has 1 aromatic rings. The van der Waals surface area contributed by atoms with Crippen molar-refractivity contribution in [3.8, 4) is 0 Å². The molecule has 4 nitrogen and oxygen atoms in total. The lowest BCUT2D eigenvalue weighted by Gasteiger charge is -2.36. The Morgan fingerprint density at radius 2 is 2.50 bits per heavy atom. The Morgan fingerprint density at radius 3 is 3.17 bits per heavy atom. The molecule has 18 heavy (non-hydrogen) atoms. The highest BCUT2D eigenvalue weighted by Gasteiger charge is 2.27. The van der Waals surface area contributed by atoms with Crippen molar-refractivity contribution in [3.05, 3.63) is 30.1 Å². The Bertz CT molecular complexity index is 377. The first-order valence-electron chi connectivity index (χ1n) is 5.72. The lowest BCUT2D eigenvalue weighted by atomic mass is 10.1. The van der Waals surface area contributed by atoms with E-state index in [0.717, 1.165) is 25.2 Å². The number of aromatic nitrogens is 1. The molecule has 1 fully saturated rings. The minimum atomic E-state index is 0. The van der Waals surface area contributed by atoms with Crippen molar-refractivity contribution >= 4 is 30.1 Å². The third-order valence-corrected chi connectivity index (χ3v) is 3.44. The van der Waals surface area contributed by atoms with Gasteiger partial charge in [-0.15, -0.1) is 12.4 Å². The van der Waals surface area contributed by atoms with Gasteiger partial charge >= 0.3 is 0 Å². The van der Waals surface area contributed by atoms with E-state index in [0.29, 0.717) is 5.75 Å². The van der Waals surface area contributed by atoms with Gasteiger partial charge in [0.1, 0.15) is 0 Å². The van der Waals surface area contributed by atoms with Crippen molar-refractivity contribution in [3.63, 3.8) is 0 Å². The molecule has 2 heterocycles. The van der Waals surface area contributed by atoms with Crippen molar-refractivity contribution in [2.45, 2.75) is 6.04 Å². The predicted molar refractivity (Wildman–Crippen MR) is 77.2 cm³/mol. The van der Waals surface area contributed by atoms with Crippen LogP contribution >= 0.6 is 24.2 Å². The molecule has 0 bridgehead atoms. The molecule has 6 heteroatoms. The largest absolute Gasteiger partial charge is 0.332 e. The zero-order valence-electron chi connectivity index (χ0n) is 10.3. The fraction of sp³-hybridized carbons (Fsp3) is 0.500. The van der Waals surface area contributed by atoms with Gasteiger partial charge in [0.05, 0.1) is 11.8 Å². The molecule has 1 atom stereocenters. The van der Waals surface area contributed by atoms with Crippen LogP contribution in [-0.2, 0) is 4.79 Å². The summed E-state index contributed by atoms with van der Waals surface area (Å²) in [6.45, 7) is 2.46. The van der Waals surface area contributed by atoms with Gasteiger partial charge in [-0.25, -0.2) is 0 Å². The average Bonchev–Trinajstić information content (AvgIpc) is 2.40. The molecule has 0 aromatic carbocycles. The number of rotatable bonds is 3. The second-order valence-corrected chi connectivity index (χ2v) is 4.89. The maximum Gasteiger partial charge on any atom is 0.233 e. The van der Waals surface area contributed by atoms with Crippen molar-refractivity contribution in [1.29, 1.82) is 0 Å². The first kappa shape index (κ1) is 15.3. The molecule has 0 saturated carbocycles. The molecule has 1 amide bonds. The molecular formula is C12H18ClN3OS. The number of halogens is 1. The van der Waals surface area contributed by atoms with E-state index >= 15 is 0 Å². The first-order valence-corrected chi connectivity index (χ1v) is 7.11. The second kappa shape index (κ2) is 7.61. The fourth-order valence-corrected chi connectivity index (χ4v) is 2.49. The summed E-state index contributed by atoms with van der Waals surface area (Å²) in [5.41, 5.74) is 1.11. The van der Waals surface area contributed by atoms with E-state index in [-0.39, 0.29) is 24.4 Å². The molecule has 0 radical (unpaired) electrons. The third kappa shape index (κ3) is 3.60. The van der Waals surface area contributed by atoms with Crippen LogP contribution in [-0.4, -0.2) is 47.4 Å². The van der Waals surface area contributed by atoms with E-state index < -0.39 is 0 Å². The number of nitrogens with one attached hydrogen (secondary N) is 1. The summed E-state index contributed by atoms with van der Waals surface area (Å²) in [5, 5.41) is 3.33. The highest BCUT2D eigenvalue weighted by molar-refractivity contribution is 7.99. The number of carbonyl (C=O) groups is 1. The van der Waals surface area contributed by atoms with E-state index in [1.165, 1.54) is 0 Å². The van der Waals surface area contributed by atoms with Crippen LogP contribution in [0.5, 0.6) is 0 Å². The van der Waals surface area contributed by atoms with Crippen LogP contribution in [0.4, 0.5) is 0 Å². The summed E-state index contributed by atoms with van der Waals surface area (Å²) in [6, 6.07) is 4.07. The number of piperazine rings is 1. The molecule has 0 aliphatic carbocycles. The highest BCUT2D eigenvalue weighted by Crippen LogP contribution is 2.21. The maximum absolute atomic E-state index is 12.0. The second-order valence-electron chi connectivity index (χ2n) is 4.03. The van der Waals surface area contributed by atoms with Crippen molar-refractivity contribution in [2.75, 3.05) is 31.6 Å². The lowest BCUT2D eigenvalue weighted by Crippen LogP contribution is -2.49. The van der Waals surface area contributed by atoms with Crippen LogP contribution in [0.15, 0.2) is 24.5 Å². The Morgan fingerprint density at radius 1 is 1.67 bits per heavy atom. The molecule has 1 saturated heterocycles. The van der Waals surface area contributed by atoms with Crippen LogP contribution in [0.1, 0.15) is 11.6 Å².